The van der Waals surface area contributed by atoms with Gasteiger partial charge < -0.3 is 14.7 Å². The highest BCUT2D eigenvalue weighted by molar-refractivity contribution is 7.13. The van der Waals surface area contributed by atoms with Gasteiger partial charge in [-0.1, -0.05) is 18.2 Å². The molecule has 112 valence electrons. The Bertz CT molecular complexity index is 612. The number of nitrogens with zero attached hydrogens (tertiary/aromatic N) is 2. The van der Waals surface area contributed by atoms with Crippen LogP contribution in [-0.2, 0) is 17.8 Å². The molecule has 6 heteroatoms. The van der Waals surface area contributed by atoms with Crippen molar-refractivity contribution >= 4 is 22.4 Å². The zero-order chi connectivity index (χ0) is 15.2. The maximum absolute atomic E-state index is 10.6. The van der Waals surface area contributed by atoms with Crippen LogP contribution in [0.4, 0.5) is 5.13 Å². The van der Waals surface area contributed by atoms with Crippen molar-refractivity contribution in [1.82, 2.24) is 4.98 Å². The molecular formula is C15H18N2O3S. The van der Waals surface area contributed by atoms with Crippen LogP contribution in [0.2, 0.25) is 0 Å². The van der Waals surface area contributed by atoms with E-state index in [1.807, 2.05) is 41.6 Å². The largest absolute Gasteiger partial charge is 0.496 e. The number of ether oxygens (including phenoxy) is 1. The zero-order valence-corrected chi connectivity index (χ0v) is 12.9. The molecule has 0 aliphatic carbocycles. The van der Waals surface area contributed by atoms with Gasteiger partial charge in [-0.2, -0.15) is 0 Å². The van der Waals surface area contributed by atoms with E-state index in [1.54, 1.807) is 7.11 Å². The molecule has 0 aliphatic heterocycles. The first-order chi connectivity index (χ1) is 10.1. The Morgan fingerprint density at radius 1 is 1.43 bits per heavy atom. The lowest BCUT2D eigenvalue weighted by Crippen LogP contribution is -2.16. The molecule has 0 spiro atoms. The third-order valence-electron chi connectivity index (χ3n) is 3.06. The Labute approximate surface area is 127 Å². The fraction of sp³-hybridized carbons (Fsp3) is 0.333. The summed E-state index contributed by atoms with van der Waals surface area (Å²) in [4.78, 5) is 17.1. The van der Waals surface area contributed by atoms with E-state index in [9.17, 15) is 4.79 Å². The molecule has 0 aliphatic rings. The van der Waals surface area contributed by atoms with Crippen LogP contribution in [-0.4, -0.2) is 30.2 Å². The van der Waals surface area contributed by atoms with Crippen LogP contribution < -0.4 is 9.64 Å². The molecule has 1 heterocycles. The number of carboxylic acid groups (broad SMARTS) is 1. The normalized spacial score (nSPS) is 10.4. The van der Waals surface area contributed by atoms with Crippen LogP contribution in [0.1, 0.15) is 17.7 Å². The monoisotopic (exact) mass is 306 g/mol. The van der Waals surface area contributed by atoms with E-state index in [-0.39, 0.29) is 6.42 Å². The van der Waals surface area contributed by atoms with E-state index < -0.39 is 5.97 Å². The SMILES string of the molecule is COc1ccccc1CN(C)c1nc(CCC(=O)O)cs1. The number of aliphatic carboxylic acids is 1. The molecule has 0 unspecified atom stereocenters. The first-order valence-electron chi connectivity index (χ1n) is 6.59. The van der Waals surface area contributed by atoms with Gasteiger partial charge in [0.15, 0.2) is 5.13 Å². The van der Waals surface area contributed by atoms with Gasteiger partial charge >= 0.3 is 5.97 Å². The lowest BCUT2D eigenvalue weighted by atomic mass is 10.2. The van der Waals surface area contributed by atoms with Crippen molar-refractivity contribution < 1.29 is 14.6 Å². The molecule has 0 atom stereocenters. The zero-order valence-electron chi connectivity index (χ0n) is 12.1. The molecule has 2 rings (SSSR count). The van der Waals surface area contributed by atoms with Crippen LogP contribution in [0.5, 0.6) is 5.75 Å². The van der Waals surface area contributed by atoms with Crippen LogP contribution in [0.25, 0.3) is 0 Å². The highest BCUT2D eigenvalue weighted by Crippen LogP contribution is 2.25. The summed E-state index contributed by atoms with van der Waals surface area (Å²) in [6, 6.07) is 7.87. The van der Waals surface area contributed by atoms with Crippen molar-refractivity contribution in [3.63, 3.8) is 0 Å². The molecule has 5 nitrogen and oxygen atoms in total. The Balaban J connectivity index is 2.03. The predicted molar refractivity (Wildman–Crippen MR) is 83.2 cm³/mol. The third-order valence-corrected chi connectivity index (χ3v) is 4.06. The first-order valence-corrected chi connectivity index (χ1v) is 7.47. The topological polar surface area (TPSA) is 62.7 Å². The Kier molecular flexibility index (Phi) is 5.16. The molecular weight excluding hydrogens is 288 g/mol. The number of aryl methyl sites for hydroxylation is 1. The number of para-hydroxylation sites is 1. The molecule has 1 aromatic carbocycles. The number of hydrogen-bond donors (Lipinski definition) is 1. The maximum atomic E-state index is 10.6. The molecule has 21 heavy (non-hydrogen) atoms. The summed E-state index contributed by atoms with van der Waals surface area (Å²) in [6.07, 6.45) is 0.577. The van der Waals surface area contributed by atoms with E-state index in [0.717, 1.165) is 22.1 Å². The lowest BCUT2D eigenvalue weighted by Gasteiger charge is -2.17. The van der Waals surface area contributed by atoms with Crippen molar-refractivity contribution in [2.24, 2.45) is 0 Å². The van der Waals surface area contributed by atoms with E-state index in [1.165, 1.54) is 11.3 Å². The van der Waals surface area contributed by atoms with Gasteiger partial charge in [0.05, 0.1) is 19.2 Å². The molecule has 1 aromatic heterocycles. The molecule has 0 fully saturated rings. The quantitative estimate of drug-likeness (QED) is 0.852. The van der Waals surface area contributed by atoms with E-state index in [0.29, 0.717) is 13.0 Å². The van der Waals surface area contributed by atoms with Gasteiger partial charge in [0.2, 0.25) is 0 Å². The first kappa shape index (κ1) is 15.3. The average molecular weight is 306 g/mol. The van der Waals surface area contributed by atoms with Gasteiger partial charge in [-0.15, -0.1) is 11.3 Å². The van der Waals surface area contributed by atoms with Gasteiger partial charge in [0.25, 0.3) is 0 Å². The minimum absolute atomic E-state index is 0.111. The highest BCUT2D eigenvalue weighted by Gasteiger charge is 2.11. The summed E-state index contributed by atoms with van der Waals surface area (Å²) >= 11 is 1.52. The second-order valence-electron chi connectivity index (χ2n) is 4.68. The fourth-order valence-corrected chi connectivity index (χ4v) is 2.80. The minimum atomic E-state index is -0.799. The molecule has 0 radical (unpaired) electrons. The Morgan fingerprint density at radius 2 is 2.19 bits per heavy atom. The van der Waals surface area contributed by atoms with Crippen LogP contribution in [0.15, 0.2) is 29.6 Å². The van der Waals surface area contributed by atoms with Gasteiger partial charge in [-0.25, -0.2) is 4.98 Å². The molecule has 1 N–H and O–H groups in total. The third kappa shape index (κ3) is 4.19. The Hall–Kier alpha value is -2.08. The molecule has 0 amide bonds. The summed E-state index contributed by atoms with van der Waals surface area (Å²) in [5, 5.41) is 11.5. The highest BCUT2D eigenvalue weighted by atomic mass is 32.1. The molecule has 0 saturated heterocycles. The number of anilines is 1. The molecule has 0 saturated carbocycles. The van der Waals surface area contributed by atoms with Crippen molar-refractivity contribution in [3.8, 4) is 5.75 Å². The number of benzene rings is 1. The second-order valence-corrected chi connectivity index (χ2v) is 5.52. The minimum Gasteiger partial charge on any atom is -0.496 e. The van der Waals surface area contributed by atoms with Crippen LogP contribution in [0, 0.1) is 0 Å². The smallest absolute Gasteiger partial charge is 0.303 e. The van der Waals surface area contributed by atoms with Crippen LogP contribution >= 0.6 is 11.3 Å². The number of carbonyl (C=O) groups is 1. The molecule has 2 aromatic rings. The summed E-state index contributed by atoms with van der Waals surface area (Å²) in [7, 11) is 3.62. The maximum Gasteiger partial charge on any atom is 0.303 e. The van der Waals surface area contributed by atoms with Gasteiger partial charge in [0.1, 0.15) is 5.75 Å². The number of carboxylic acids is 1. The number of rotatable bonds is 7. The fourth-order valence-electron chi connectivity index (χ4n) is 1.98. The number of hydrogen-bond acceptors (Lipinski definition) is 5. The lowest BCUT2D eigenvalue weighted by molar-refractivity contribution is -0.136. The summed E-state index contributed by atoms with van der Waals surface area (Å²) in [5.41, 5.74) is 1.91. The number of thiazole rings is 1. The van der Waals surface area contributed by atoms with Crippen molar-refractivity contribution in [3.05, 3.63) is 40.9 Å². The van der Waals surface area contributed by atoms with E-state index in [2.05, 4.69) is 4.98 Å². The Morgan fingerprint density at radius 3 is 2.90 bits per heavy atom. The summed E-state index contributed by atoms with van der Waals surface area (Å²) in [6.45, 7) is 0.690. The summed E-state index contributed by atoms with van der Waals surface area (Å²) in [5.74, 6) is 0.0546. The van der Waals surface area contributed by atoms with Crippen molar-refractivity contribution in [2.45, 2.75) is 19.4 Å². The summed E-state index contributed by atoms with van der Waals surface area (Å²) < 4.78 is 5.34. The van der Waals surface area contributed by atoms with Crippen LogP contribution in [0.3, 0.4) is 0 Å². The second kappa shape index (κ2) is 7.08. The molecule has 0 bridgehead atoms. The van der Waals surface area contributed by atoms with Crippen molar-refractivity contribution in [1.29, 1.82) is 0 Å². The average Bonchev–Trinajstić information content (AvgIpc) is 2.94. The van der Waals surface area contributed by atoms with Gasteiger partial charge in [-0.05, 0) is 6.07 Å². The van der Waals surface area contributed by atoms with Gasteiger partial charge in [-0.3, -0.25) is 4.79 Å². The van der Waals surface area contributed by atoms with Gasteiger partial charge in [0, 0.05) is 31.0 Å². The standard InChI is InChI=1S/C15H18N2O3S/c1-17(9-11-5-3-4-6-13(11)20-2)15-16-12(10-21-15)7-8-14(18)19/h3-6,10H,7-9H2,1-2H3,(H,18,19). The number of methoxy groups -OCH3 is 1. The van der Waals surface area contributed by atoms with Crippen molar-refractivity contribution in [2.75, 3.05) is 19.1 Å². The predicted octanol–water partition coefficient (Wildman–Crippen LogP) is 2.81. The van der Waals surface area contributed by atoms with E-state index in [4.69, 9.17) is 9.84 Å². The number of aromatic nitrogens is 1. The van der Waals surface area contributed by atoms with E-state index >= 15 is 0 Å².